The van der Waals surface area contributed by atoms with Crippen molar-refractivity contribution in [2.24, 2.45) is 0 Å². The lowest BCUT2D eigenvalue weighted by molar-refractivity contribution is -0.136. The minimum Gasteiger partial charge on any atom is -0.361 e. The van der Waals surface area contributed by atoms with Gasteiger partial charge in [-0.25, -0.2) is 0 Å². The first kappa shape index (κ1) is 22.0. The number of hydrogen-bond donors (Lipinski definition) is 3. The fourth-order valence-electron chi connectivity index (χ4n) is 4.64. The van der Waals surface area contributed by atoms with Gasteiger partial charge < -0.3 is 14.9 Å². The number of aromatic nitrogens is 2. The monoisotopic (exact) mass is 466 g/mol. The largest absolute Gasteiger partial charge is 0.418 e. The van der Waals surface area contributed by atoms with Crippen LogP contribution in [0.15, 0.2) is 54.9 Å². The number of aryl methyl sites for hydroxylation is 1. The number of H-pyrrole nitrogens is 1. The molecule has 174 valence electrons. The minimum atomic E-state index is -4.57. The van der Waals surface area contributed by atoms with Crippen molar-refractivity contribution in [3.63, 3.8) is 0 Å². The van der Waals surface area contributed by atoms with Crippen LogP contribution in [-0.4, -0.2) is 35.0 Å². The first-order valence-corrected chi connectivity index (χ1v) is 10.8. The number of fused-ring (bicyclic) bond motifs is 2. The van der Waals surface area contributed by atoms with Crippen LogP contribution < -0.4 is 10.6 Å². The van der Waals surface area contributed by atoms with Gasteiger partial charge in [0.05, 0.1) is 22.2 Å². The van der Waals surface area contributed by atoms with Crippen LogP contribution in [0.1, 0.15) is 23.1 Å². The first-order valence-electron chi connectivity index (χ1n) is 10.8. The molecule has 0 atom stereocenters. The van der Waals surface area contributed by atoms with E-state index in [1.807, 2.05) is 24.3 Å². The predicted octanol–water partition coefficient (Wildman–Crippen LogP) is 4.32. The number of carbonyl (C=O) groups is 2. The van der Waals surface area contributed by atoms with E-state index in [2.05, 4.69) is 15.6 Å². The van der Waals surface area contributed by atoms with Crippen LogP contribution in [0, 0.1) is 0 Å². The fourth-order valence-corrected chi connectivity index (χ4v) is 4.64. The second kappa shape index (κ2) is 8.18. The van der Waals surface area contributed by atoms with Crippen molar-refractivity contribution in [3.8, 4) is 0 Å². The lowest BCUT2D eigenvalue weighted by Gasteiger charge is -2.12. The third-order valence-corrected chi connectivity index (χ3v) is 6.09. The van der Waals surface area contributed by atoms with Crippen LogP contribution in [0.25, 0.3) is 33.0 Å². The molecule has 0 aliphatic carbocycles. The van der Waals surface area contributed by atoms with Gasteiger partial charge in [0, 0.05) is 46.4 Å². The van der Waals surface area contributed by atoms with E-state index in [0.717, 1.165) is 17.0 Å². The van der Waals surface area contributed by atoms with Gasteiger partial charge in [-0.05, 0) is 32.1 Å². The maximum Gasteiger partial charge on any atom is 0.418 e. The number of hydrogen-bond acceptors (Lipinski definition) is 3. The average Bonchev–Trinajstić information content (AvgIpc) is 3.46. The maximum atomic E-state index is 13.9. The van der Waals surface area contributed by atoms with Gasteiger partial charge in [-0.1, -0.05) is 30.3 Å². The summed E-state index contributed by atoms with van der Waals surface area (Å²) in [4.78, 5) is 29.0. The lowest BCUT2D eigenvalue weighted by atomic mass is 9.95. The Bertz CT molecular complexity index is 1480. The van der Waals surface area contributed by atoms with Crippen molar-refractivity contribution in [2.45, 2.75) is 19.1 Å². The highest BCUT2D eigenvalue weighted by Gasteiger charge is 2.38. The van der Waals surface area contributed by atoms with E-state index in [-0.39, 0.29) is 22.0 Å². The summed E-state index contributed by atoms with van der Waals surface area (Å²) in [7, 11) is 1.77. The number of imide groups is 1. The average molecular weight is 466 g/mol. The van der Waals surface area contributed by atoms with Crippen molar-refractivity contribution in [1.29, 1.82) is 0 Å². The summed E-state index contributed by atoms with van der Waals surface area (Å²) in [5, 5.41) is 6.34. The zero-order valence-electron chi connectivity index (χ0n) is 18.2. The van der Waals surface area contributed by atoms with E-state index in [1.54, 1.807) is 25.5 Å². The zero-order chi connectivity index (χ0) is 24.0. The fraction of sp³-hybridized carbons (Fsp3) is 0.200. The second-order valence-electron chi connectivity index (χ2n) is 8.17. The Morgan fingerprint density at radius 2 is 1.65 bits per heavy atom. The second-order valence-corrected chi connectivity index (χ2v) is 8.17. The van der Waals surface area contributed by atoms with Crippen LogP contribution in [0.4, 0.5) is 13.2 Å². The maximum absolute atomic E-state index is 13.9. The topological polar surface area (TPSA) is 78.9 Å². The molecule has 3 heterocycles. The van der Waals surface area contributed by atoms with Crippen molar-refractivity contribution in [1.82, 2.24) is 20.2 Å². The molecule has 6 nitrogen and oxygen atoms in total. The molecule has 0 radical (unpaired) electrons. The Balaban J connectivity index is 1.80. The molecule has 3 N–H and O–H groups in total. The molecule has 0 saturated heterocycles. The Labute approximate surface area is 192 Å². The number of rotatable bonds is 6. The molecule has 0 unspecified atom stereocenters. The Kier molecular flexibility index (Phi) is 5.28. The van der Waals surface area contributed by atoms with Crippen LogP contribution in [-0.2, 0) is 22.3 Å². The van der Waals surface area contributed by atoms with Gasteiger partial charge in [0.2, 0.25) is 0 Å². The molecule has 9 heteroatoms. The highest BCUT2D eigenvalue weighted by atomic mass is 19.4. The Morgan fingerprint density at radius 1 is 0.941 bits per heavy atom. The van der Waals surface area contributed by atoms with Crippen LogP contribution in [0.2, 0.25) is 0 Å². The SMILES string of the molecule is CNCCCn1cc(C2=C(c3c[nH]c4ccccc34)C(=O)NC2=O)c2cccc(C(F)(F)F)c21. The summed E-state index contributed by atoms with van der Waals surface area (Å²) in [6.07, 6.45) is -0.785. The number of amides is 2. The lowest BCUT2D eigenvalue weighted by Crippen LogP contribution is -2.22. The van der Waals surface area contributed by atoms with E-state index in [1.165, 1.54) is 10.6 Å². The molecule has 0 spiro atoms. The Hall–Kier alpha value is -3.85. The molecule has 4 aromatic rings. The van der Waals surface area contributed by atoms with E-state index in [9.17, 15) is 22.8 Å². The quantitative estimate of drug-likeness (QED) is 0.293. The molecule has 2 amide bonds. The van der Waals surface area contributed by atoms with Gasteiger partial charge in [-0.3, -0.25) is 14.9 Å². The molecule has 1 aliphatic heterocycles. The summed E-state index contributed by atoms with van der Waals surface area (Å²) in [5.74, 6) is -1.20. The normalized spacial score (nSPS) is 14.6. The van der Waals surface area contributed by atoms with Gasteiger partial charge in [-0.15, -0.1) is 0 Å². The van der Waals surface area contributed by atoms with Crippen molar-refractivity contribution in [2.75, 3.05) is 13.6 Å². The molecule has 2 aromatic heterocycles. The van der Waals surface area contributed by atoms with Gasteiger partial charge in [-0.2, -0.15) is 13.2 Å². The summed E-state index contributed by atoms with van der Waals surface area (Å²) < 4.78 is 43.3. The number of nitrogens with one attached hydrogen (secondary N) is 3. The van der Waals surface area contributed by atoms with Gasteiger partial charge in [0.25, 0.3) is 11.8 Å². The van der Waals surface area contributed by atoms with E-state index in [4.69, 9.17) is 0 Å². The zero-order valence-corrected chi connectivity index (χ0v) is 18.2. The van der Waals surface area contributed by atoms with Crippen LogP contribution in [0.5, 0.6) is 0 Å². The molecular weight excluding hydrogens is 445 g/mol. The molecular formula is C25H21F3N4O2. The highest BCUT2D eigenvalue weighted by Crippen LogP contribution is 2.42. The van der Waals surface area contributed by atoms with Crippen molar-refractivity contribution in [3.05, 3.63) is 71.5 Å². The number of benzene rings is 2. The number of alkyl halides is 3. The van der Waals surface area contributed by atoms with E-state index in [0.29, 0.717) is 30.6 Å². The molecule has 5 rings (SSSR count). The number of aromatic amines is 1. The molecule has 0 bridgehead atoms. The van der Waals surface area contributed by atoms with Crippen molar-refractivity contribution < 1.29 is 22.8 Å². The summed E-state index contributed by atoms with van der Waals surface area (Å²) in [6, 6.07) is 11.3. The molecule has 1 aliphatic rings. The minimum absolute atomic E-state index is 0.000899. The van der Waals surface area contributed by atoms with Gasteiger partial charge >= 0.3 is 6.18 Å². The summed E-state index contributed by atoms with van der Waals surface area (Å²) in [5.41, 5.74) is 1.05. The van der Waals surface area contributed by atoms with E-state index >= 15 is 0 Å². The van der Waals surface area contributed by atoms with E-state index < -0.39 is 23.6 Å². The standard InChI is InChI=1S/C25H21F3N4O2/c1-29-10-5-11-32-13-17(15-7-4-8-18(22(15)32)25(26,27)28)21-20(23(33)31-24(21)34)16-12-30-19-9-3-2-6-14(16)19/h2-4,6-9,12-13,29-30H,5,10-11H2,1H3,(H,31,33,34). The molecule has 0 fully saturated rings. The molecule has 34 heavy (non-hydrogen) atoms. The number of para-hydroxylation sites is 2. The highest BCUT2D eigenvalue weighted by molar-refractivity contribution is 6.50. The number of carbonyl (C=O) groups excluding carboxylic acids is 2. The van der Waals surface area contributed by atoms with Crippen LogP contribution >= 0.6 is 0 Å². The third-order valence-electron chi connectivity index (χ3n) is 6.09. The predicted molar refractivity (Wildman–Crippen MR) is 124 cm³/mol. The van der Waals surface area contributed by atoms with Crippen LogP contribution in [0.3, 0.4) is 0 Å². The van der Waals surface area contributed by atoms with Crippen molar-refractivity contribution >= 4 is 44.8 Å². The third kappa shape index (κ3) is 3.49. The molecule has 2 aromatic carbocycles. The first-order chi connectivity index (χ1) is 16.3. The molecule has 0 saturated carbocycles. The van der Waals surface area contributed by atoms with Gasteiger partial charge in [0.15, 0.2) is 0 Å². The van der Waals surface area contributed by atoms with Gasteiger partial charge in [0.1, 0.15) is 0 Å². The smallest absolute Gasteiger partial charge is 0.361 e. The summed E-state index contributed by atoms with van der Waals surface area (Å²) in [6.45, 7) is 0.932. The Morgan fingerprint density at radius 3 is 2.38 bits per heavy atom. The summed E-state index contributed by atoms with van der Waals surface area (Å²) >= 11 is 0. The number of nitrogens with zero attached hydrogens (tertiary/aromatic N) is 1. The number of halogens is 3.